The van der Waals surface area contributed by atoms with Crippen LogP contribution in [0.5, 0.6) is 0 Å². The van der Waals surface area contributed by atoms with Gasteiger partial charge in [0, 0.05) is 20.0 Å². The Hall–Kier alpha value is -1.58. The van der Waals surface area contributed by atoms with Gasteiger partial charge >= 0.3 is 0 Å². The lowest BCUT2D eigenvalue weighted by Crippen LogP contribution is -2.14. The summed E-state index contributed by atoms with van der Waals surface area (Å²) in [5.74, 6) is -0.400. The lowest BCUT2D eigenvalue weighted by molar-refractivity contribution is 0.552. The van der Waals surface area contributed by atoms with Crippen LogP contribution in [0.15, 0.2) is 35.3 Å². The van der Waals surface area contributed by atoms with Gasteiger partial charge in [-0.1, -0.05) is 41.4 Å². The molecule has 2 aromatic carbocycles. The van der Waals surface area contributed by atoms with Crippen LogP contribution in [-0.4, -0.2) is 24.8 Å². The second kappa shape index (κ2) is 7.80. The van der Waals surface area contributed by atoms with Crippen LogP contribution in [0.1, 0.15) is 23.6 Å². The van der Waals surface area contributed by atoms with Gasteiger partial charge in [-0.3, -0.25) is 0 Å². The predicted octanol–water partition coefficient (Wildman–Crippen LogP) is 5.64. The van der Waals surface area contributed by atoms with Crippen LogP contribution in [-0.2, 0) is 6.42 Å². The molecule has 0 unspecified atom stereocenters. The van der Waals surface area contributed by atoms with Crippen molar-refractivity contribution in [3.63, 3.8) is 0 Å². The monoisotopic (exact) mass is 352 g/mol. The Morgan fingerprint density at radius 3 is 2.65 bits per heavy atom. The van der Waals surface area contributed by atoms with E-state index in [0.717, 1.165) is 17.7 Å². The molecule has 0 N–H and O–H groups in total. The van der Waals surface area contributed by atoms with E-state index in [9.17, 15) is 4.39 Å². The van der Waals surface area contributed by atoms with Crippen molar-refractivity contribution in [3.05, 3.63) is 62.9 Å². The van der Waals surface area contributed by atoms with Crippen molar-refractivity contribution in [2.24, 2.45) is 4.99 Å². The SMILES string of the molecule is CCN(C)C=Nc1cc(C)cc(Cc2cccc(Cl)c2F)c1Cl. The number of hydrogen-bond acceptors (Lipinski definition) is 1. The lowest BCUT2D eigenvalue weighted by atomic mass is 10.0. The van der Waals surface area contributed by atoms with Gasteiger partial charge < -0.3 is 4.90 Å². The molecule has 0 spiro atoms. The summed E-state index contributed by atoms with van der Waals surface area (Å²) in [6.07, 6.45) is 2.11. The smallest absolute Gasteiger partial charge is 0.145 e. The summed E-state index contributed by atoms with van der Waals surface area (Å²) in [6.45, 7) is 4.86. The number of rotatable bonds is 5. The predicted molar refractivity (Wildman–Crippen MR) is 96.9 cm³/mol. The van der Waals surface area contributed by atoms with Gasteiger partial charge in [-0.25, -0.2) is 9.38 Å². The summed E-state index contributed by atoms with van der Waals surface area (Å²) in [4.78, 5) is 6.38. The zero-order chi connectivity index (χ0) is 17.0. The molecule has 0 fully saturated rings. The molecule has 5 heteroatoms. The average molecular weight is 353 g/mol. The minimum Gasteiger partial charge on any atom is -0.366 e. The number of benzene rings is 2. The van der Waals surface area contributed by atoms with Crippen molar-refractivity contribution >= 4 is 35.2 Å². The molecule has 0 aromatic heterocycles. The standard InChI is InChI=1S/C18H19Cl2FN2/c1-4-23(3)11-22-16-9-12(2)8-14(17(16)20)10-13-6-5-7-15(19)18(13)21/h5-9,11H,4,10H2,1-3H3. The third kappa shape index (κ3) is 4.46. The molecule has 0 aliphatic carbocycles. The van der Waals surface area contributed by atoms with Gasteiger partial charge in [0.15, 0.2) is 0 Å². The zero-order valence-electron chi connectivity index (χ0n) is 13.4. The third-order valence-corrected chi connectivity index (χ3v) is 4.31. The van der Waals surface area contributed by atoms with Gasteiger partial charge in [0.05, 0.1) is 22.1 Å². The van der Waals surface area contributed by atoms with E-state index in [0.29, 0.717) is 22.7 Å². The Bertz CT molecular complexity index is 729. The van der Waals surface area contributed by atoms with Crippen LogP contribution in [0.4, 0.5) is 10.1 Å². The van der Waals surface area contributed by atoms with Crippen LogP contribution in [0.3, 0.4) is 0 Å². The highest BCUT2D eigenvalue weighted by Gasteiger charge is 2.12. The quantitative estimate of drug-likeness (QED) is 0.501. The molecular weight excluding hydrogens is 334 g/mol. The maximum Gasteiger partial charge on any atom is 0.145 e. The van der Waals surface area contributed by atoms with Crippen molar-refractivity contribution in [3.8, 4) is 0 Å². The topological polar surface area (TPSA) is 15.6 Å². The van der Waals surface area contributed by atoms with Gasteiger partial charge in [-0.2, -0.15) is 0 Å². The first kappa shape index (κ1) is 17.8. The zero-order valence-corrected chi connectivity index (χ0v) is 14.9. The highest BCUT2D eigenvalue weighted by atomic mass is 35.5. The molecule has 122 valence electrons. The molecule has 0 heterocycles. The number of nitrogens with zero attached hydrogens (tertiary/aromatic N) is 2. The molecule has 2 rings (SSSR count). The fourth-order valence-corrected chi connectivity index (χ4v) is 2.60. The first-order valence-corrected chi connectivity index (χ1v) is 8.14. The highest BCUT2D eigenvalue weighted by Crippen LogP contribution is 2.32. The van der Waals surface area contributed by atoms with E-state index in [-0.39, 0.29) is 5.02 Å². The fraction of sp³-hybridized carbons (Fsp3) is 0.278. The molecule has 0 aliphatic heterocycles. The summed E-state index contributed by atoms with van der Waals surface area (Å²) in [5.41, 5.74) is 3.06. The Kier molecular flexibility index (Phi) is 6.03. The molecule has 0 atom stereocenters. The van der Waals surface area contributed by atoms with Gasteiger partial charge in [0.2, 0.25) is 0 Å². The number of hydrogen-bond donors (Lipinski definition) is 0. The number of aryl methyl sites for hydroxylation is 1. The normalized spacial score (nSPS) is 11.2. The Morgan fingerprint density at radius 1 is 1.22 bits per heavy atom. The molecule has 0 amide bonds. The van der Waals surface area contributed by atoms with Crippen molar-refractivity contribution < 1.29 is 4.39 Å². The molecule has 0 bridgehead atoms. The summed E-state index contributed by atoms with van der Waals surface area (Å²) in [6, 6.07) is 8.85. The van der Waals surface area contributed by atoms with Crippen LogP contribution >= 0.6 is 23.2 Å². The van der Waals surface area contributed by atoms with Crippen LogP contribution < -0.4 is 0 Å². The fourth-order valence-electron chi connectivity index (χ4n) is 2.18. The maximum absolute atomic E-state index is 14.1. The van der Waals surface area contributed by atoms with Gasteiger partial charge in [-0.05, 0) is 42.7 Å². The minimum absolute atomic E-state index is 0.120. The van der Waals surface area contributed by atoms with E-state index in [1.54, 1.807) is 18.5 Å². The second-order valence-corrected chi connectivity index (χ2v) is 6.25. The van der Waals surface area contributed by atoms with Crippen LogP contribution in [0.2, 0.25) is 10.0 Å². The molecule has 23 heavy (non-hydrogen) atoms. The summed E-state index contributed by atoms with van der Waals surface area (Å²) < 4.78 is 14.1. The highest BCUT2D eigenvalue weighted by molar-refractivity contribution is 6.34. The van der Waals surface area contributed by atoms with E-state index in [4.69, 9.17) is 23.2 Å². The summed E-state index contributed by atoms with van der Waals surface area (Å²) in [5, 5.41) is 0.657. The average Bonchev–Trinajstić information content (AvgIpc) is 2.53. The maximum atomic E-state index is 14.1. The van der Waals surface area contributed by atoms with Gasteiger partial charge in [0.1, 0.15) is 5.82 Å². The minimum atomic E-state index is -0.400. The molecular formula is C18H19Cl2FN2. The lowest BCUT2D eigenvalue weighted by Gasteiger charge is -2.12. The molecule has 0 radical (unpaired) electrons. The van der Waals surface area contributed by atoms with Crippen molar-refractivity contribution in [1.29, 1.82) is 0 Å². The Morgan fingerprint density at radius 2 is 1.96 bits per heavy atom. The van der Waals surface area contributed by atoms with Crippen LogP contribution in [0.25, 0.3) is 0 Å². The van der Waals surface area contributed by atoms with Gasteiger partial charge in [-0.15, -0.1) is 0 Å². The summed E-state index contributed by atoms with van der Waals surface area (Å²) >= 11 is 12.3. The van der Waals surface area contributed by atoms with Gasteiger partial charge in [0.25, 0.3) is 0 Å². The second-order valence-electron chi connectivity index (χ2n) is 5.46. The molecule has 0 saturated carbocycles. The van der Waals surface area contributed by atoms with Crippen molar-refractivity contribution in [2.75, 3.05) is 13.6 Å². The van der Waals surface area contributed by atoms with Crippen molar-refractivity contribution in [1.82, 2.24) is 4.90 Å². The van der Waals surface area contributed by atoms with E-state index < -0.39 is 5.82 Å². The number of halogens is 3. The van der Waals surface area contributed by atoms with E-state index >= 15 is 0 Å². The van der Waals surface area contributed by atoms with E-state index in [1.165, 1.54) is 6.07 Å². The first-order chi connectivity index (χ1) is 10.9. The molecule has 2 nitrogen and oxygen atoms in total. The Balaban J connectivity index is 2.38. The molecule has 0 saturated heterocycles. The Labute approximate surface area is 146 Å². The van der Waals surface area contributed by atoms with E-state index in [1.807, 2.05) is 37.9 Å². The molecule has 0 aliphatic rings. The van der Waals surface area contributed by atoms with Crippen molar-refractivity contribution in [2.45, 2.75) is 20.3 Å². The van der Waals surface area contributed by atoms with E-state index in [2.05, 4.69) is 4.99 Å². The first-order valence-electron chi connectivity index (χ1n) is 7.38. The largest absolute Gasteiger partial charge is 0.366 e. The third-order valence-electron chi connectivity index (χ3n) is 3.58. The number of aliphatic imine (C=N–C) groups is 1. The summed E-state index contributed by atoms with van der Waals surface area (Å²) in [7, 11) is 1.94. The van der Waals surface area contributed by atoms with Crippen LogP contribution in [0, 0.1) is 12.7 Å². The molecule has 2 aromatic rings.